The number of carbonyl (C=O) groups is 1. The molecule has 0 spiro atoms. The maximum absolute atomic E-state index is 11.7. The summed E-state index contributed by atoms with van der Waals surface area (Å²) in [5, 5.41) is 0. The average molecular weight is 240 g/mol. The molecule has 16 heavy (non-hydrogen) atoms. The highest BCUT2D eigenvalue weighted by atomic mass is 32.2. The summed E-state index contributed by atoms with van der Waals surface area (Å²) < 4.78 is 27.8. The van der Waals surface area contributed by atoms with Crippen molar-refractivity contribution >= 4 is 15.8 Å². The molecule has 1 rings (SSSR count). The maximum Gasteiger partial charge on any atom is 0.331 e. The summed E-state index contributed by atoms with van der Waals surface area (Å²) >= 11 is 0. The molecule has 1 aromatic rings. The zero-order valence-electron chi connectivity index (χ0n) is 8.84. The number of carbonyl (C=O) groups excluding carboxylic acids is 1. The monoisotopic (exact) mass is 240 g/mol. The van der Waals surface area contributed by atoms with Crippen LogP contribution in [0, 0.1) is 6.92 Å². The topological polar surface area (TPSA) is 60.4 Å². The Labute approximate surface area is 94.5 Å². The second kappa shape index (κ2) is 4.94. The lowest BCUT2D eigenvalue weighted by Gasteiger charge is -2.04. The predicted molar refractivity (Wildman–Crippen MR) is 59.5 cm³/mol. The van der Waals surface area contributed by atoms with Crippen LogP contribution in [0.15, 0.2) is 41.8 Å². The number of aryl methyl sites for hydroxylation is 1. The lowest BCUT2D eigenvalue weighted by Crippen LogP contribution is -2.13. The Hall–Kier alpha value is -1.62. The molecule has 0 aliphatic rings. The molecule has 0 aliphatic carbocycles. The SMILES string of the molecule is C=CC(=O)OCS(=O)(=O)c1ccc(C)cc1. The third-order valence-electron chi connectivity index (χ3n) is 1.90. The molecular weight excluding hydrogens is 228 g/mol. The summed E-state index contributed by atoms with van der Waals surface area (Å²) in [5.74, 6) is -1.42. The van der Waals surface area contributed by atoms with Gasteiger partial charge in [-0.15, -0.1) is 0 Å². The largest absolute Gasteiger partial charge is 0.446 e. The number of sulfone groups is 1. The normalized spacial score (nSPS) is 10.8. The summed E-state index contributed by atoms with van der Waals surface area (Å²) in [6.07, 6.45) is 0.921. The van der Waals surface area contributed by atoms with Crippen molar-refractivity contribution in [3.63, 3.8) is 0 Å². The highest BCUT2D eigenvalue weighted by molar-refractivity contribution is 7.91. The molecule has 0 aliphatic heterocycles. The van der Waals surface area contributed by atoms with Gasteiger partial charge in [0.1, 0.15) is 0 Å². The van der Waals surface area contributed by atoms with E-state index in [9.17, 15) is 13.2 Å². The van der Waals surface area contributed by atoms with Crippen molar-refractivity contribution in [2.45, 2.75) is 11.8 Å². The van der Waals surface area contributed by atoms with Crippen molar-refractivity contribution in [3.05, 3.63) is 42.5 Å². The molecule has 4 nitrogen and oxygen atoms in total. The third-order valence-corrected chi connectivity index (χ3v) is 3.32. The van der Waals surface area contributed by atoms with E-state index in [4.69, 9.17) is 0 Å². The van der Waals surface area contributed by atoms with Gasteiger partial charge >= 0.3 is 5.97 Å². The molecule has 0 N–H and O–H groups in total. The van der Waals surface area contributed by atoms with E-state index < -0.39 is 21.7 Å². The Morgan fingerprint density at radius 1 is 1.38 bits per heavy atom. The summed E-state index contributed by atoms with van der Waals surface area (Å²) in [5.41, 5.74) is 0.960. The zero-order chi connectivity index (χ0) is 12.2. The second-order valence-electron chi connectivity index (χ2n) is 3.21. The number of rotatable bonds is 4. The minimum Gasteiger partial charge on any atom is -0.446 e. The van der Waals surface area contributed by atoms with Crippen LogP contribution in [0.1, 0.15) is 5.56 Å². The Balaban J connectivity index is 2.82. The smallest absolute Gasteiger partial charge is 0.331 e. The van der Waals surface area contributed by atoms with Crippen LogP contribution in [0.25, 0.3) is 0 Å². The fourth-order valence-corrected chi connectivity index (χ4v) is 1.97. The summed E-state index contributed by atoms with van der Waals surface area (Å²) in [4.78, 5) is 10.9. The average Bonchev–Trinajstić information content (AvgIpc) is 2.26. The number of ether oxygens (including phenoxy) is 1. The van der Waals surface area contributed by atoms with E-state index in [1.165, 1.54) is 12.1 Å². The van der Waals surface area contributed by atoms with Crippen LogP contribution < -0.4 is 0 Å². The highest BCUT2D eigenvalue weighted by Gasteiger charge is 2.15. The van der Waals surface area contributed by atoms with Crippen LogP contribution in [0.3, 0.4) is 0 Å². The molecule has 5 heteroatoms. The first-order chi connectivity index (χ1) is 7.45. The fourth-order valence-electron chi connectivity index (χ4n) is 1.01. The molecule has 0 amide bonds. The van der Waals surface area contributed by atoms with Gasteiger partial charge in [0.15, 0.2) is 5.94 Å². The van der Waals surface area contributed by atoms with Crippen LogP contribution in [0.4, 0.5) is 0 Å². The Bertz CT molecular complexity index is 485. The van der Waals surface area contributed by atoms with Crippen LogP contribution in [-0.2, 0) is 19.4 Å². The number of esters is 1. The van der Waals surface area contributed by atoms with Crippen LogP contribution in [0.2, 0.25) is 0 Å². The Morgan fingerprint density at radius 3 is 2.44 bits per heavy atom. The maximum atomic E-state index is 11.7. The van der Waals surface area contributed by atoms with E-state index in [0.717, 1.165) is 11.6 Å². The third kappa shape index (κ3) is 3.20. The molecule has 86 valence electrons. The van der Waals surface area contributed by atoms with Crippen molar-refractivity contribution in [1.29, 1.82) is 0 Å². The van der Waals surface area contributed by atoms with Crippen LogP contribution in [-0.4, -0.2) is 20.3 Å². The zero-order valence-corrected chi connectivity index (χ0v) is 9.66. The first-order valence-corrected chi connectivity index (χ1v) is 6.19. The van der Waals surface area contributed by atoms with Gasteiger partial charge in [0.05, 0.1) is 4.90 Å². The fraction of sp³-hybridized carbons (Fsp3) is 0.182. The van der Waals surface area contributed by atoms with E-state index in [-0.39, 0.29) is 4.90 Å². The first kappa shape index (κ1) is 12.4. The first-order valence-electron chi connectivity index (χ1n) is 4.54. The van der Waals surface area contributed by atoms with Crippen molar-refractivity contribution < 1.29 is 17.9 Å². The quantitative estimate of drug-likeness (QED) is 0.590. The number of benzene rings is 1. The van der Waals surface area contributed by atoms with Gasteiger partial charge in [-0.3, -0.25) is 0 Å². The molecule has 0 saturated carbocycles. The van der Waals surface area contributed by atoms with Gasteiger partial charge < -0.3 is 4.74 Å². The van der Waals surface area contributed by atoms with Gasteiger partial charge in [-0.2, -0.15) is 0 Å². The molecular formula is C11H12O4S. The summed E-state index contributed by atoms with van der Waals surface area (Å²) in [6.45, 7) is 5.03. The second-order valence-corrected chi connectivity index (χ2v) is 5.15. The highest BCUT2D eigenvalue weighted by Crippen LogP contribution is 2.12. The molecule has 0 unspecified atom stereocenters. The lowest BCUT2D eigenvalue weighted by atomic mass is 10.2. The van der Waals surface area contributed by atoms with Gasteiger partial charge in [-0.25, -0.2) is 13.2 Å². The van der Waals surface area contributed by atoms with Crippen LogP contribution >= 0.6 is 0 Å². The van der Waals surface area contributed by atoms with Gasteiger partial charge in [0, 0.05) is 6.08 Å². The molecule has 0 aromatic heterocycles. The molecule has 0 atom stereocenters. The predicted octanol–water partition coefficient (Wildman–Crippen LogP) is 1.46. The summed E-state index contributed by atoms with van der Waals surface area (Å²) in [6, 6.07) is 6.32. The van der Waals surface area contributed by atoms with E-state index in [1.54, 1.807) is 12.1 Å². The van der Waals surface area contributed by atoms with E-state index in [0.29, 0.717) is 0 Å². The summed E-state index contributed by atoms with van der Waals surface area (Å²) in [7, 11) is -3.57. The van der Waals surface area contributed by atoms with Crippen LogP contribution in [0.5, 0.6) is 0 Å². The number of hydrogen-bond donors (Lipinski definition) is 0. The van der Waals surface area contributed by atoms with Gasteiger partial charge in [0.25, 0.3) is 0 Å². The molecule has 0 bridgehead atoms. The van der Waals surface area contributed by atoms with E-state index in [2.05, 4.69) is 11.3 Å². The van der Waals surface area contributed by atoms with Crippen molar-refractivity contribution in [1.82, 2.24) is 0 Å². The molecule has 0 fully saturated rings. The van der Waals surface area contributed by atoms with Crippen molar-refractivity contribution in [2.24, 2.45) is 0 Å². The number of hydrogen-bond acceptors (Lipinski definition) is 4. The van der Waals surface area contributed by atoms with Crippen molar-refractivity contribution in [2.75, 3.05) is 5.94 Å². The van der Waals surface area contributed by atoms with Gasteiger partial charge in [0.2, 0.25) is 9.84 Å². The standard InChI is InChI=1S/C11H12O4S/c1-3-11(12)15-8-16(13,14)10-6-4-9(2)5-7-10/h3-7H,1,8H2,2H3. The van der Waals surface area contributed by atoms with Gasteiger partial charge in [-0.1, -0.05) is 24.3 Å². The van der Waals surface area contributed by atoms with Crippen molar-refractivity contribution in [3.8, 4) is 0 Å². The Kier molecular flexibility index (Phi) is 3.84. The van der Waals surface area contributed by atoms with E-state index in [1.807, 2.05) is 6.92 Å². The van der Waals surface area contributed by atoms with E-state index >= 15 is 0 Å². The minimum atomic E-state index is -3.57. The molecule has 0 heterocycles. The molecule has 0 saturated heterocycles. The molecule has 1 aromatic carbocycles. The Morgan fingerprint density at radius 2 is 1.94 bits per heavy atom. The molecule has 0 radical (unpaired) electrons. The minimum absolute atomic E-state index is 0.134. The lowest BCUT2D eigenvalue weighted by molar-refractivity contribution is -0.135. The van der Waals surface area contributed by atoms with Gasteiger partial charge in [-0.05, 0) is 19.1 Å².